The fourth-order valence-corrected chi connectivity index (χ4v) is 2.61. The van der Waals surface area contributed by atoms with E-state index in [0.717, 1.165) is 37.1 Å². The molecule has 2 rings (SSSR count). The van der Waals surface area contributed by atoms with Crippen molar-refractivity contribution in [3.05, 3.63) is 33.6 Å². The Kier molecular flexibility index (Phi) is 3.50. The minimum absolute atomic E-state index is 0.184. The molecule has 3 heteroatoms. The Labute approximate surface area is 101 Å². The lowest BCUT2D eigenvalue weighted by molar-refractivity contribution is 0.458. The van der Waals surface area contributed by atoms with Crippen LogP contribution in [0.5, 0.6) is 0 Å². The lowest BCUT2D eigenvalue weighted by Crippen LogP contribution is -2.28. The summed E-state index contributed by atoms with van der Waals surface area (Å²) in [6, 6.07) is 1.66. The average Bonchev–Trinajstić information content (AvgIpc) is 2.32. The predicted octanol–water partition coefficient (Wildman–Crippen LogP) is 3.56. The Morgan fingerprint density at radius 3 is 2.75 bits per heavy atom. The van der Waals surface area contributed by atoms with Crippen LogP contribution in [0.25, 0.3) is 0 Å². The molecule has 1 nitrogen and oxygen atoms in total. The summed E-state index contributed by atoms with van der Waals surface area (Å²) in [7, 11) is 0. The Bertz CT molecular complexity index is 397. The first-order valence-corrected chi connectivity index (χ1v) is 6.15. The Hall–Kier alpha value is -0.600. The topological polar surface area (TPSA) is 12.0 Å². The van der Waals surface area contributed by atoms with E-state index in [-0.39, 0.29) is 5.82 Å². The van der Waals surface area contributed by atoms with Crippen molar-refractivity contribution in [2.75, 3.05) is 13.1 Å². The molecule has 0 aliphatic carbocycles. The van der Waals surface area contributed by atoms with Crippen molar-refractivity contribution in [3.63, 3.8) is 0 Å². The van der Waals surface area contributed by atoms with E-state index >= 15 is 0 Å². The molecule has 0 saturated carbocycles. The quantitative estimate of drug-likeness (QED) is 0.793. The summed E-state index contributed by atoms with van der Waals surface area (Å²) in [5, 5.41) is 3.93. The third kappa shape index (κ3) is 2.09. The van der Waals surface area contributed by atoms with Crippen molar-refractivity contribution < 1.29 is 4.39 Å². The van der Waals surface area contributed by atoms with Crippen molar-refractivity contribution in [3.8, 4) is 0 Å². The molecule has 1 saturated heterocycles. The standard InChI is InChI=1S/C13H17ClFN/c1-8-11(10-4-3-5-16-7-10)6-12(15)9(2)13(8)14/h6,10,16H,3-5,7H2,1-2H3. The molecule has 1 heterocycles. The maximum atomic E-state index is 13.7. The lowest BCUT2D eigenvalue weighted by atomic mass is 9.88. The SMILES string of the molecule is Cc1c(F)cc(C2CCCNC2)c(C)c1Cl. The highest BCUT2D eigenvalue weighted by Gasteiger charge is 2.20. The van der Waals surface area contributed by atoms with Crippen molar-refractivity contribution >= 4 is 11.6 Å². The molecule has 1 aliphatic rings. The second kappa shape index (κ2) is 4.72. The third-order valence-corrected chi connectivity index (χ3v) is 4.04. The summed E-state index contributed by atoms with van der Waals surface area (Å²) in [4.78, 5) is 0. The molecule has 0 aromatic heterocycles. The van der Waals surface area contributed by atoms with E-state index in [9.17, 15) is 4.39 Å². The smallest absolute Gasteiger partial charge is 0.127 e. The monoisotopic (exact) mass is 241 g/mol. The average molecular weight is 242 g/mol. The summed E-state index contributed by atoms with van der Waals surface area (Å²) in [6.07, 6.45) is 2.27. The number of hydrogen-bond donors (Lipinski definition) is 1. The van der Waals surface area contributed by atoms with E-state index in [1.165, 1.54) is 0 Å². The molecule has 1 fully saturated rings. The highest BCUT2D eigenvalue weighted by atomic mass is 35.5. The van der Waals surface area contributed by atoms with Gasteiger partial charge in [0.05, 0.1) is 0 Å². The van der Waals surface area contributed by atoms with Crippen LogP contribution in [0.4, 0.5) is 4.39 Å². The number of rotatable bonds is 1. The van der Waals surface area contributed by atoms with Crippen molar-refractivity contribution in [2.24, 2.45) is 0 Å². The number of halogens is 2. The number of benzene rings is 1. The van der Waals surface area contributed by atoms with Crippen molar-refractivity contribution in [1.82, 2.24) is 5.32 Å². The van der Waals surface area contributed by atoms with E-state index in [1.807, 2.05) is 6.92 Å². The second-order valence-electron chi connectivity index (χ2n) is 4.55. The molecule has 1 N–H and O–H groups in total. The molecular formula is C13H17ClFN. The molecule has 1 unspecified atom stereocenters. The summed E-state index contributed by atoms with van der Waals surface area (Å²) in [6.45, 7) is 5.71. The molecule has 1 aromatic rings. The number of hydrogen-bond acceptors (Lipinski definition) is 1. The van der Waals surface area contributed by atoms with Crippen LogP contribution >= 0.6 is 11.6 Å². The first-order valence-electron chi connectivity index (χ1n) is 5.77. The normalized spacial score (nSPS) is 21.1. The minimum Gasteiger partial charge on any atom is -0.316 e. The van der Waals surface area contributed by atoms with Crippen LogP contribution in [-0.4, -0.2) is 13.1 Å². The van der Waals surface area contributed by atoms with Crippen molar-refractivity contribution in [2.45, 2.75) is 32.6 Å². The van der Waals surface area contributed by atoms with Crippen LogP contribution in [0, 0.1) is 19.7 Å². The van der Waals surface area contributed by atoms with Gasteiger partial charge in [0.15, 0.2) is 0 Å². The van der Waals surface area contributed by atoms with Gasteiger partial charge in [-0.2, -0.15) is 0 Å². The molecule has 0 spiro atoms. The molecule has 0 radical (unpaired) electrons. The Morgan fingerprint density at radius 2 is 2.12 bits per heavy atom. The van der Waals surface area contributed by atoms with Gasteiger partial charge in [-0.05, 0) is 56.3 Å². The van der Waals surface area contributed by atoms with E-state index in [1.54, 1.807) is 13.0 Å². The summed E-state index contributed by atoms with van der Waals surface area (Å²) < 4.78 is 13.7. The second-order valence-corrected chi connectivity index (χ2v) is 4.93. The zero-order valence-corrected chi connectivity index (χ0v) is 10.5. The Balaban J connectivity index is 2.40. The van der Waals surface area contributed by atoms with Gasteiger partial charge in [0, 0.05) is 17.1 Å². The zero-order valence-electron chi connectivity index (χ0n) is 9.74. The maximum Gasteiger partial charge on any atom is 0.127 e. The largest absolute Gasteiger partial charge is 0.316 e. The van der Waals surface area contributed by atoms with Gasteiger partial charge in [0.25, 0.3) is 0 Å². The minimum atomic E-state index is -0.184. The Morgan fingerprint density at radius 1 is 1.38 bits per heavy atom. The van der Waals surface area contributed by atoms with E-state index in [0.29, 0.717) is 16.5 Å². The van der Waals surface area contributed by atoms with Crippen LogP contribution < -0.4 is 5.32 Å². The molecule has 1 aliphatic heterocycles. The van der Waals surface area contributed by atoms with Gasteiger partial charge in [-0.3, -0.25) is 0 Å². The highest BCUT2D eigenvalue weighted by Crippen LogP contribution is 2.33. The van der Waals surface area contributed by atoms with Crippen LogP contribution in [-0.2, 0) is 0 Å². The van der Waals surface area contributed by atoms with Gasteiger partial charge >= 0.3 is 0 Å². The molecule has 1 atom stereocenters. The zero-order chi connectivity index (χ0) is 11.7. The van der Waals surface area contributed by atoms with E-state index in [2.05, 4.69) is 5.32 Å². The molecule has 1 aromatic carbocycles. The van der Waals surface area contributed by atoms with E-state index < -0.39 is 0 Å². The van der Waals surface area contributed by atoms with Crippen LogP contribution in [0.2, 0.25) is 5.02 Å². The van der Waals surface area contributed by atoms with Gasteiger partial charge in [0.2, 0.25) is 0 Å². The van der Waals surface area contributed by atoms with E-state index in [4.69, 9.17) is 11.6 Å². The van der Waals surface area contributed by atoms with Gasteiger partial charge in [-0.15, -0.1) is 0 Å². The summed E-state index contributed by atoms with van der Waals surface area (Å²) in [5.41, 5.74) is 2.67. The highest BCUT2D eigenvalue weighted by molar-refractivity contribution is 6.32. The van der Waals surface area contributed by atoms with Crippen LogP contribution in [0.15, 0.2) is 6.07 Å². The summed E-state index contributed by atoms with van der Waals surface area (Å²) >= 11 is 6.15. The molecule has 0 bridgehead atoms. The molecule has 0 amide bonds. The molecule has 16 heavy (non-hydrogen) atoms. The maximum absolute atomic E-state index is 13.7. The van der Waals surface area contributed by atoms with Crippen LogP contribution in [0.1, 0.15) is 35.4 Å². The molecule has 88 valence electrons. The lowest BCUT2D eigenvalue weighted by Gasteiger charge is -2.25. The first kappa shape index (κ1) is 11.9. The molecular weight excluding hydrogens is 225 g/mol. The fourth-order valence-electron chi connectivity index (χ4n) is 2.41. The first-order chi connectivity index (χ1) is 7.61. The predicted molar refractivity (Wildman–Crippen MR) is 65.7 cm³/mol. The fraction of sp³-hybridized carbons (Fsp3) is 0.538. The third-order valence-electron chi connectivity index (χ3n) is 3.47. The van der Waals surface area contributed by atoms with Crippen LogP contribution in [0.3, 0.4) is 0 Å². The van der Waals surface area contributed by atoms with Gasteiger partial charge in [0.1, 0.15) is 5.82 Å². The number of nitrogens with one attached hydrogen (secondary N) is 1. The number of piperidine rings is 1. The van der Waals surface area contributed by atoms with Crippen molar-refractivity contribution in [1.29, 1.82) is 0 Å². The van der Waals surface area contributed by atoms with Gasteiger partial charge in [-0.25, -0.2) is 4.39 Å². The van der Waals surface area contributed by atoms with Gasteiger partial charge in [-0.1, -0.05) is 11.6 Å². The summed E-state index contributed by atoms with van der Waals surface area (Å²) in [5.74, 6) is 0.220. The van der Waals surface area contributed by atoms with Gasteiger partial charge < -0.3 is 5.32 Å².